The molecule has 7 nitrogen and oxygen atoms in total. The Morgan fingerprint density at radius 2 is 1.76 bits per heavy atom. The minimum Gasteiger partial charge on any atom is -0.493 e. The third-order valence-corrected chi connectivity index (χ3v) is 5.77. The summed E-state index contributed by atoms with van der Waals surface area (Å²) in [6, 6.07) is 13.9. The van der Waals surface area contributed by atoms with E-state index in [2.05, 4.69) is 22.0 Å². The lowest BCUT2D eigenvalue weighted by molar-refractivity contribution is -0.137. The normalized spacial score (nSPS) is 15.7. The number of aromatic nitrogens is 2. The molecule has 1 aliphatic rings. The molecular weight excluding hydrogens is 449 g/mol. The number of hydrogen-bond donors (Lipinski definition) is 2. The van der Waals surface area contributed by atoms with Gasteiger partial charge in [0.2, 0.25) is 5.88 Å². The number of benzene rings is 2. The maximum atomic E-state index is 13.1. The maximum Gasteiger partial charge on any atom is 0.416 e. The van der Waals surface area contributed by atoms with E-state index < -0.39 is 28.9 Å². The average molecular weight is 472 g/mol. The SMILES string of the molecule is O=c1[nH]c(=O)n(-c2cccc(C(F)(F)F)c2)c(O)c1C=NC1CCN(Cc2ccccc2)CC1. The Morgan fingerprint density at radius 3 is 2.44 bits per heavy atom. The number of hydrogen-bond acceptors (Lipinski definition) is 5. The Kier molecular flexibility index (Phi) is 6.69. The number of H-pyrrole nitrogens is 1. The van der Waals surface area contributed by atoms with E-state index in [0.29, 0.717) is 4.57 Å². The lowest BCUT2D eigenvalue weighted by atomic mass is 10.0. The van der Waals surface area contributed by atoms with Crippen LogP contribution < -0.4 is 11.2 Å². The van der Waals surface area contributed by atoms with Crippen LogP contribution in [0.2, 0.25) is 0 Å². The van der Waals surface area contributed by atoms with Crippen molar-refractivity contribution in [3.8, 4) is 11.6 Å². The molecule has 2 heterocycles. The van der Waals surface area contributed by atoms with E-state index >= 15 is 0 Å². The number of nitrogens with zero attached hydrogens (tertiary/aromatic N) is 3. The molecule has 0 saturated carbocycles. The van der Waals surface area contributed by atoms with Crippen LogP contribution in [0.4, 0.5) is 13.2 Å². The molecule has 0 spiro atoms. The number of likely N-dealkylation sites (tertiary alicyclic amines) is 1. The Balaban J connectivity index is 1.52. The number of aromatic amines is 1. The van der Waals surface area contributed by atoms with E-state index in [9.17, 15) is 27.9 Å². The zero-order valence-corrected chi connectivity index (χ0v) is 18.1. The van der Waals surface area contributed by atoms with Crippen molar-refractivity contribution in [1.82, 2.24) is 14.5 Å². The van der Waals surface area contributed by atoms with Gasteiger partial charge in [0, 0.05) is 25.8 Å². The highest BCUT2D eigenvalue weighted by Crippen LogP contribution is 2.30. The molecule has 2 N–H and O–H groups in total. The summed E-state index contributed by atoms with van der Waals surface area (Å²) in [5.41, 5.74) is -2.19. The summed E-state index contributed by atoms with van der Waals surface area (Å²) in [7, 11) is 0. The lowest BCUT2D eigenvalue weighted by Crippen LogP contribution is -2.35. The molecule has 0 atom stereocenters. The minimum atomic E-state index is -4.63. The highest BCUT2D eigenvalue weighted by atomic mass is 19.4. The van der Waals surface area contributed by atoms with Crippen LogP contribution in [0.5, 0.6) is 5.88 Å². The zero-order chi connectivity index (χ0) is 24.3. The van der Waals surface area contributed by atoms with Gasteiger partial charge in [-0.25, -0.2) is 9.36 Å². The van der Waals surface area contributed by atoms with Crippen molar-refractivity contribution in [2.75, 3.05) is 13.1 Å². The van der Waals surface area contributed by atoms with Gasteiger partial charge in [0.05, 0.1) is 17.3 Å². The monoisotopic (exact) mass is 472 g/mol. The number of nitrogens with one attached hydrogen (secondary N) is 1. The van der Waals surface area contributed by atoms with Crippen LogP contribution in [0.15, 0.2) is 69.2 Å². The van der Waals surface area contributed by atoms with Crippen LogP contribution in [-0.2, 0) is 12.7 Å². The first-order valence-corrected chi connectivity index (χ1v) is 10.8. The predicted molar refractivity (Wildman–Crippen MR) is 122 cm³/mol. The Bertz CT molecular complexity index is 1290. The van der Waals surface area contributed by atoms with E-state index in [1.165, 1.54) is 17.8 Å². The van der Waals surface area contributed by atoms with E-state index in [0.717, 1.165) is 50.7 Å². The van der Waals surface area contributed by atoms with Crippen molar-refractivity contribution in [3.05, 3.63) is 92.1 Å². The Labute approximate surface area is 192 Å². The highest BCUT2D eigenvalue weighted by Gasteiger charge is 2.31. The van der Waals surface area contributed by atoms with Crippen LogP contribution in [-0.4, -0.2) is 44.9 Å². The number of rotatable bonds is 5. The summed E-state index contributed by atoms with van der Waals surface area (Å²) >= 11 is 0. The van der Waals surface area contributed by atoms with Gasteiger partial charge in [-0.15, -0.1) is 0 Å². The molecule has 1 aromatic heterocycles. The maximum absolute atomic E-state index is 13.1. The molecule has 1 saturated heterocycles. The van der Waals surface area contributed by atoms with Crippen molar-refractivity contribution >= 4 is 6.21 Å². The van der Waals surface area contributed by atoms with Crippen molar-refractivity contribution < 1.29 is 18.3 Å². The second kappa shape index (κ2) is 9.68. The molecule has 4 rings (SSSR count). The Morgan fingerprint density at radius 1 is 1.06 bits per heavy atom. The van der Waals surface area contributed by atoms with E-state index in [-0.39, 0.29) is 17.3 Å². The predicted octanol–water partition coefficient (Wildman–Crippen LogP) is 3.33. The van der Waals surface area contributed by atoms with Crippen LogP contribution in [0.3, 0.4) is 0 Å². The second-order valence-corrected chi connectivity index (χ2v) is 8.15. The zero-order valence-electron chi connectivity index (χ0n) is 18.1. The topological polar surface area (TPSA) is 90.7 Å². The van der Waals surface area contributed by atoms with Crippen LogP contribution >= 0.6 is 0 Å². The fourth-order valence-corrected chi connectivity index (χ4v) is 3.96. The first kappa shape index (κ1) is 23.5. The summed E-state index contributed by atoms with van der Waals surface area (Å²) in [4.78, 5) is 33.3. The van der Waals surface area contributed by atoms with Gasteiger partial charge >= 0.3 is 11.9 Å². The molecule has 0 bridgehead atoms. The molecule has 178 valence electrons. The molecule has 0 radical (unpaired) electrons. The molecule has 3 aromatic rings. The van der Waals surface area contributed by atoms with E-state index in [4.69, 9.17) is 0 Å². The first-order valence-electron chi connectivity index (χ1n) is 10.8. The van der Waals surface area contributed by atoms with Crippen molar-refractivity contribution in [1.29, 1.82) is 0 Å². The summed E-state index contributed by atoms with van der Waals surface area (Å²) in [5.74, 6) is -0.765. The fraction of sp³-hybridized carbons (Fsp3) is 0.292. The third kappa shape index (κ3) is 5.28. The fourth-order valence-electron chi connectivity index (χ4n) is 3.96. The van der Waals surface area contributed by atoms with Crippen molar-refractivity contribution in [2.45, 2.75) is 31.6 Å². The average Bonchev–Trinajstić information content (AvgIpc) is 2.80. The summed E-state index contributed by atoms with van der Waals surface area (Å²) in [6.07, 6.45) is -1.95. The third-order valence-electron chi connectivity index (χ3n) is 5.77. The van der Waals surface area contributed by atoms with Crippen molar-refractivity contribution in [2.24, 2.45) is 4.99 Å². The van der Waals surface area contributed by atoms with Crippen molar-refractivity contribution in [3.63, 3.8) is 0 Å². The molecule has 0 amide bonds. The van der Waals surface area contributed by atoms with E-state index in [1.807, 2.05) is 23.2 Å². The molecule has 2 aromatic carbocycles. The van der Waals surface area contributed by atoms with Gasteiger partial charge in [0.15, 0.2) is 0 Å². The molecule has 0 unspecified atom stereocenters. The quantitative estimate of drug-likeness (QED) is 0.558. The van der Waals surface area contributed by atoms with Crippen LogP contribution in [0, 0.1) is 0 Å². The molecular formula is C24H23F3N4O3. The van der Waals surface area contributed by atoms with Gasteiger partial charge in [-0.1, -0.05) is 36.4 Å². The lowest BCUT2D eigenvalue weighted by Gasteiger charge is -2.30. The molecule has 0 aliphatic carbocycles. The number of halogens is 3. The number of aromatic hydroxyl groups is 1. The molecule has 10 heteroatoms. The largest absolute Gasteiger partial charge is 0.493 e. The van der Waals surface area contributed by atoms with Gasteiger partial charge in [0.1, 0.15) is 5.56 Å². The van der Waals surface area contributed by atoms with Gasteiger partial charge in [-0.3, -0.25) is 19.7 Å². The summed E-state index contributed by atoms with van der Waals surface area (Å²) < 4.78 is 39.8. The number of alkyl halides is 3. The molecule has 1 aliphatic heterocycles. The minimum absolute atomic E-state index is 0.0836. The van der Waals surface area contributed by atoms with Gasteiger partial charge in [0.25, 0.3) is 5.56 Å². The van der Waals surface area contributed by atoms with Gasteiger partial charge in [-0.05, 0) is 36.6 Å². The molecule has 1 fully saturated rings. The second-order valence-electron chi connectivity index (χ2n) is 8.15. The van der Waals surface area contributed by atoms with Crippen LogP contribution in [0.25, 0.3) is 5.69 Å². The standard InChI is InChI=1S/C24H23F3N4O3/c25-24(26,27)17-7-4-8-19(13-17)31-22(33)20(21(32)29-23(31)34)14-28-18-9-11-30(12-10-18)15-16-5-2-1-3-6-16/h1-8,13-14,18,33H,9-12,15H2,(H,29,32,34). The van der Waals surface area contributed by atoms with Gasteiger partial charge in [-0.2, -0.15) is 13.2 Å². The number of piperidine rings is 1. The van der Waals surface area contributed by atoms with E-state index in [1.54, 1.807) is 0 Å². The highest BCUT2D eigenvalue weighted by molar-refractivity contribution is 5.82. The summed E-state index contributed by atoms with van der Waals surface area (Å²) in [6.45, 7) is 2.45. The van der Waals surface area contributed by atoms with Crippen LogP contribution in [0.1, 0.15) is 29.5 Å². The molecule has 34 heavy (non-hydrogen) atoms. The smallest absolute Gasteiger partial charge is 0.416 e. The Hall–Kier alpha value is -3.66. The van der Waals surface area contributed by atoms with Gasteiger partial charge < -0.3 is 5.11 Å². The first-order chi connectivity index (χ1) is 16.2. The number of aliphatic imine (C=N–C) groups is 1. The summed E-state index contributed by atoms with van der Waals surface area (Å²) in [5, 5.41) is 10.6.